The number of nitrogens with zero attached hydrogens (tertiary/aromatic N) is 1. The lowest BCUT2D eigenvalue weighted by Crippen LogP contribution is -2.32. The monoisotopic (exact) mass is 358 g/mol. The van der Waals surface area contributed by atoms with Crippen molar-refractivity contribution in [1.82, 2.24) is 4.90 Å². The minimum Gasteiger partial charge on any atom is -0.339 e. The van der Waals surface area contributed by atoms with Gasteiger partial charge in [0.05, 0.1) is 0 Å². The topological polar surface area (TPSA) is 49.4 Å². The zero-order valence-corrected chi connectivity index (χ0v) is 15.3. The third-order valence-corrected chi connectivity index (χ3v) is 3.96. The number of benzene rings is 2. The fourth-order valence-electron chi connectivity index (χ4n) is 2.60. The van der Waals surface area contributed by atoms with Crippen LogP contribution in [0.15, 0.2) is 48.5 Å². The van der Waals surface area contributed by atoms with Gasteiger partial charge >= 0.3 is 0 Å². The Kier molecular flexibility index (Phi) is 7.02. The molecule has 0 saturated heterocycles. The van der Waals surface area contributed by atoms with Crippen molar-refractivity contribution in [3.63, 3.8) is 0 Å². The number of hydrogen-bond donors (Lipinski definition) is 1. The highest BCUT2D eigenvalue weighted by Crippen LogP contribution is 2.17. The second kappa shape index (κ2) is 9.23. The van der Waals surface area contributed by atoms with Crippen LogP contribution in [0.2, 0.25) is 5.02 Å². The SMILES string of the molecule is CCCN(CCC)C(=O)c1cccc(C(=O)Nc2cccc(Cl)c2)c1. The van der Waals surface area contributed by atoms with Gasteiger partial charge in [-0.2, -0.15) is 0 Å². The van der Waals surface area contributed by atoms with Crippen LogP contribution in [0, 0.1) is 0 Å². The average molecular weight is 359 g/mol. The maximum Gasteiger partial charge on any atom is 0.255 e. The van der Waals surface area contributed by atoms with Crippen LogP contribution in [0.1, 0.15) is 47.4 Å². The van der Waals surface area contributed by atoms with E-state index in [9.17, 15) is 9.59 Å². The number of nitrogens with one attached hydrogen (secondary N) is 1. The van der Waals surface area contributed by atoms with Crippen LogP contribution in [-0.4, -0.2) is 29.8 Å². The molecule has 0 spiro atoms. The number of amides is 2. The normalized spacial score (nSPS) is 10.4. The molecule has 0 unspecified atom stereocenters. The molecule has 0 heterocycles. The lowest BCUT2D eigenvalue weighted by Gasteiger charge is -2.21. The average Bonchev–Trinajstić information content (AvgIpc) is 2.61. The Labute approximate surface area is 153 Å². The minimum atomic E-state index is -0.269. The maximum atomic E-state index is 12.7. The van der Waals surface area contributed by atoms with E-state index in [1.54, 1.807) is 48.5 Å². The first-order valence-corrected chi connectivity index (χ1v) is 8.89. The zero-order chi connectivity index (χ0) is 18.2. The fourth-order valence-corrected chi connectivity index (χ4v) is 2.79. The molecule has 25 heavy (non-hydrogen) atoms. The third kappa shape index (κ3) is 5.33. The predicted molar refractivity (Wildman–Crippen MR) is 102 cm³/mol. The van der Waals surface area contributed by atoms with Crippen LogP contribution in [-0.2, 0) is 0 Å². The van der Waals surface area contributed by atoms with Crippen LogP contribution < -0.4 is 5.32 Å². The molecule has 0 saturated carbocycles. The highest BCUT2D eigenvalue weighted by Gasteiger charge is 2.16. The second-order valence-electron chi connectivity index (χ2n) is 5.84. The van der Waals surface area contributed by atoms with E-state index in [4.69, 9.17) is 11.6 Å². The molecule has 2 aromatic carbocycles. The molecule has 4 nitrogen and oxygen atoms in total. The van der Waals surface area contributed by atoms with E-state index in [-0.39, 0.29) is 11.8 Å². The number of hydrogen-bond acceptors (Lipinski definition) is 2. The summed E-state index contributed by atoms with van der Waals surface area (Å²) in [6, 6.07) is 13.8. The summed E-state index contributed by atoms with van der Waals surface area (Å²) >= 11 is 5.93. The third-order valence-electron chi connectivity index (χ3n) is 3.73. The highest BCUT2D eigenvalue weighted by molar-refractivity contribution is 6.31. The summed E-state index contributed by atoms with van der Waals surface area (Å²) in [5.74, 6) is -0.310. The summed E-state index contributed by atoms with van der Waals surface area (Å²) in [6.07, 6.45) is 1.81. The first-order chi connectivity index (χ1) is 12.0. The van der Waals surface area contributed by atoms with Crippen molar-refractivity contribution in [2.24, 2.45) is 0 Å². The molecule has 0 radical (unpaired) electrons. The van der Waals surface area contributed by atoms with E-state index in [0.29, 0.717) is 34.9 Å². The largest absolute Gasteiger partial charge is 0.339 e. The summed E-state index contributed by atoms with van der Waals surface area (Å²) in [4.78, 5) is 26.9. The summed E-state index contributed by atoms with van der Waals surface area (Å²) in [6.45, 7) is 5.52. The highest BCUT2D eigenvalue weighted by atomic mass is 35.5. The van der Waals surface area contributed by atoms with Gasteiger partial charge < -0.3 is 10.2 Å². The Morgan fingerprint density at radius 1 is 0.960 bits per heavy atom. The molecule has 5 heteroatoms. The van der Waals surface area contributed by atoms with Gasteiger partial charge in [0, 0.05) is 34.9 Å². The van der Waals surface area contributed by atoms with Crippen molar-refractivity contribution in [1.29, 1.82) is 0 Å². The smallest absolute Gasteiger partial charge is 0.255 e. The van der Waals surface area contributed by atoms with Crippen LogP contribution in [0.3, 0.4) is 0 Å². The Morgan fingerprint density at radius 3 is 2.24 bits per heavy atom. The summed E-state index contributed by atoms with van der Waals surface area (Å²) in [5.41, 5.74) is 1.59. The number of carbonyl (C=O) groups excluding carboxylic acids is 2. The molecule has 0 aliphatic rings. The van der Waals surface area contributed by atoms with Gasteiger partial charge in [0.15, 0.2) is 0 Å². The first-order valence-electron chi connectivity index (χ1n) is 8.51. The maximum absolute atomic E-state index is 12.7. The van der Waals surface area contributed by atoms with Gasteiger partial charge in [-0.15, -0.1) is 0 Å². The molecular formula is C20H23ClN2O2. The van der Waals surface area contributed by atoms with Gasteiger partial charge in [-0.3, -0.25) is 9.59 Å². The van der Waals surface area contributed by atoms with Crippen molar-refractivity contribution in [3.8, 4) is 0 Å². The van der Waals surface area contributed by atoms with E-state index >= 15 is 0 Å². The van der Waals surface area contributed by atoms with E-state index in [1.807, 2.05) is 18.7 Å². The Morgan fingerprint density at radius 2 is 1.60 bits per heavy atom. The van der Waals surface area contributed by atoms with Crippen molar-refractivity contribution in [3.05, 3.63) is 64.7 Å². The molecular weight excluding hydrogens is 336 g/mol. The van der Waals surface area contributed by atoms with E-state index in [1.165, 1.54) is 0 Å². The van der Waals surface area contributed by atoms with Gasteiger partial charge in [-0.05, 0) is 49.2 Å². The number of anilines is 1. The Bertz CT molecular complexity index is 740. The molecule has 1 N–H and O–H groups in total. The molecule has 2 rings (SSSR count). The number of halogens is 1. The summed E-state index contributed by atoms with van der Waals surface area (Å²) in [7, 11) is 0. The molecule has 2 aromatic rings. The van der Waals surface area contributed by atoms with E-state index in [2.05, 4.69) is 5.32 Å². The van der Waals surface area contributed by atoms with Crippen molar-refractivity contribution in [2.45, 2.75) is 26.7 Å². The lowest BCUT2D eigenvalue weighted by molar-refractivity contribution is 0.0755. The Balaban J connectivity index is 2.16. The van der Waals surface area contributed by atoms with Crippen molar-refractivity contribution >= 4 is 29.1 Å². The van der Waals surface area contributed by atoms with E-state index < -0.39 is 0 Å². The first kappa shape index (κ1) is 19.0. The molecule has 0 bridgehead atoms. The molecule has 0 atom stereocenters. The molecule has 0 aliphatic heterocycles. The fraction of sp³-hybridized carbons (Fsp3) is 0.300. The number of rotatable bonds is 7. The summed E-state index contributed by atoms with van der Waals surface area (Å²) < 4.78 is 0. The van der Waals surface area contributed by atoms with Gasteiger partial charge in [0.1, 0.15) is 0 Å². The van der Waals surface area contributed by atoms with Crippen molar-refractivity contribution < 1.29 is 9.59 Å². The molecule has 132 valence electrons. The van der Waals surface area contributed by atoms with Gasteiger partial charge in [-0.25, -0.2) is 0 Å². The minimum absolute atomic E-state index is 0.0406. The lowest BCUT2D eigenvalue weighted by atomic mass is 10.1. The van der Waals surface area contributed by atoms with Crippen LogP contribution in [0.4, 0.5) is 5.69 Å². The standard InChI is InChI=1S/C20H23ClN2O2/c1-3-11-23(12-4-2)20(25)16-8-5-7-15(13-16)19(24)22-18-10-6-9-17(21)14-18/h5-10,13-14H,3-4,11-12H2,1-2H3,(H,22,24). The van der Waals surface area contributed by atoms with Gasteiger partial charge in [0.25, 0.3) is 11.8 Å². The molecule has 0 aromatic heterocycles. The zero-order valence-electron chi connectivity index (χ0n) is 14.6. The Hall–Kier alpha value is -2.33. The van der Waals surface area contributed by atoms with Crippen LogP contribution in [0.25, 0.3) is 0 Å². The predicted octanol–water partition coefficient (Wildman–Crippen LogP) is 4.85. The number of carbonyl (C=O) groups is 2. The van der Waals surface area contributed by atoms with Gasteiger partial charge in [-0.1, -0.05) is 37.6 Å². The van der Waals surface area contributed by atoms with Crippen LogP contribution in [0.5, 0.6) is 0 Å². The summed E-state index contributed by atoms with van der Waals surface area (Å²) in [5, 5.41) is 3.35. The van der Waals surface area contributed by atoms with Crippen LogP contribution >= 0.6 is 11.6 Å². The molecule has 0 aliphatic carbocycles. The van der Waals surface area contributed by atoms with E-state index in [0.717, 1.165) is 12.8 Å². The van der Waals surface area contributed by atoms with Crippen molar-refractivity contribution in [2.75, 3.05) is 18.4 Å². The quantitative estimate of drug-likeness (QED) is 0.768. The molecule has 2 amide bonds. The second-order valence-corrected chi connectivity index (χ2v) is 6.27. The van der Waals surface area contributed by atoms with Gasteiger partial charge in [0.2, 0.25) is 0 Å². The molecule has 0 fully saturated rings.